The highest BCUT2D eigenvalue weighted by Gasteiger charge is 2.17. The van der Waals surface area contributed by atoms with Gasteiger partial charge in [0.2, 0.25) is 0 Å². The lowest BCUT2D eigenvalue weighted by Gasteiger charge is -2.26. The van der Waals surface area contributed by atoms with Crippen LogP contribution in [0.1, 0.15) is 0 Å². The summed E-state index contributed by atoms with van der Waals surface area (Å²) in [7, 11) is 0. The second kappa shape index (κ2) is 14.3. The van der Waals surface area contributed by atoms with Crippen molar-refractivity contribution in [1.82, 2.24) is 9.97 Å². The maximum atomic E-state index is 5.14. The Hall–Kier alpha value is -7.10. The molecule has 0 aliphatic carbocycles. The summed E-state index contributed by atoms with van der Waals surface area (Å²) in [5, 5.41) is 0. The van der Waals surface area contributed by atoms with Crippen LogP contribution in [0.25, 0.3) is 66.9 Å². The van der Waals surface area contributed by atoms with Crippen LogP contribution in [0.15, 0.2) is 212 Å². The van der Waals surface area contributed by atoms with E-state index in [1.165, 1.54) is 33.4 Å². The lowest BCUT2D eigenvalue weighted by Crippen LogP contribution is -2.10. The number of benzene rings is 8. The summed E-state index contributed by atoms with van der Waals surface area (Å²) >= 11 is 0. The summed E-state index contributed by atoms with van der Waals surface area (Å²) in [5.74, 6) is 0. The summed E-state index contributed by atoms with van der Waals surface area (Å²) in [6, 6.07) is 74.5. The molecule has 3 heteroatoms. The minimum absolute atomic E-state index is 0.863. The van der Waals surface area contributed by atoms with E-state index in [1.54, 1.807) is 0 Å². The van der Waals surface area contributed by atoms with Gasteiger partial charge in [0.15, 0.2) is 0 Å². The van der Waals surface area contributed by atoms with Gasteiger partial charge in [-0.2, -0.15) is 0 Å². The Balaban J connectivity index is 1.12. The number of hydrogen-bond donors (Lipinski definition) is 0. The first kappa shape index (κ1) is 31.9. The average molecular weight is 678 g/mol. The second-order valence-electron chi connectivity index (χ2n) is 13.0. The first-order valence-corrected chi connectivity index (χ1v) is 17.9. The molecule has 1 aromatic heterocycles. The maximum absolute atomic E-state index is 5.14. The minimum atomic E-state index is 0.863. The number of nitrogens with zero attached hydrogens (tertiary/aromatic N) is 3. The fourth-order valence-corrected chi connectivity index (χ4v) is 7.04. The molecule has 0 fully saturated rings. The number of rotatable bonds is 8. The molecule has 3 nitrogen and oxygen atoms in total. The number of aromatic nitrogens is 2. The van der Waals surface area contributed by atoms with E-state index < -0.39 is 0 Å². The van der Waals surface area contributed by atoms with Gasteiger partial charge in [0.05, 0.1) is 22.4 Å². The van der Waals surface area contributed by atoms with Gasteiger partial charge in [0, 0.05) is 28.2 Å². The smallest absolute Gasteiger partial charge is 0.0973 e. The second-order valence-corrected chi connectivity index (χ2v) is 13.0. The Bertz CT molecular complexity index is 2620. The first-order chi connectivity index (χ1) is 26.3. The highest BCUT2D eigenvalue weighted by molar-refractivity contribution is 5.88. The van der Waals surface area contributed by atoms with Crippen LogP contribution < -0.4 is 4.90 Å². The van der Waals surface area contributed by atoms with Crippen molar-refractivity contribution in [2.45, 2.75) is 0 Å². The van der Waals surface area contributed by atoms with E-state index in [0.717, 1.165) is 50.6 Å². The van der Waals surface area contributed by atoms with Crippen molar-refractivity contribution in [1.29, 1.82) is 0 Å². The van der Waals surface area contributed by atoms with Crippen molar-refractivity contribution in [2.75, 3.05) is 4.90 Å². The van der Waals surface area contributed by atoms with Crippen LogP contribution in [-0.2, 0) is 0 Å². The molecule has 0 spiro atoms. The molecule has 1 heterocycles. The molecule has 53 heavy (non-hydrogen) atoms. The van der Waals surface area contributed by atoms with E-state index in [9.17, 15) is 0 Å². The van der Waals surface area contributed by atoms with E-state index in [0.29, 0.717) is 0 Å². The molecule has 9 aromatic rings. The molecule has 9 rings (SSSR count). The molecular formula is C50H35N3. The summed E-state index contributed by atoms with van der Waals surface area (Å²) < 4.78 is 0. The third-order valence-electron chi connectivity index (χ3n) is 9.70. The van der Waals surface area contributed by atoms with Gasteiger partial charge in [0.25, 0.3) is 0 Å². The van der Waals surface area contributed by atoms with Gasteiger partial charge in [-0.15, -0.1) is 0 Å². The number of fused-ring (bicyclic) bond motifs is 1. The van der Waals surface area contributed by atoms with E-state index in [-0.39, 0.29) is 0 Å². The number of hydrogen-bond acceptors (Lipinski definition) is 3. The third-order valence-corrected chi connectivity index (χ3v) is 9.70. The van der Waals surface area contributed by atoms with E-state index >= 15 is 0 Å². The minimum Gasteiger partial charge on any atom is -0.311 e. The number of para-hydroxylation sites is 2. The Labute approximate surface area is 310 Å². The van der Waals surface area contributed by atoms with E-state index in [1.807, 2.05) is 42.5 Å². The molecule has 0 saturated carbocycles. The normalized spacial score (nSPS) is 11.0. The fraction of sp³-hybridized carbons (Fsp3) is 0. The predicted octanol–water partition coefficient (Wildman–Crippen LogP) is 13.4. The molecule has 250 valence electrons. The van der Waals surface area contributed by atoms with Crippen LogP contribution in [0.5, 0.6) is 0 Å². The van der Waals surface area contributed by atoms with Crippen molar-refractivity contribution < 1.29 is 0 Å². The van der Waals surface area contributed by atoms with Crippen LogP contribution in [0.4, 0.5) is 17.1 Å². The molecule has 0 unspecified atom stereocenters. The zero-order valence-electron chi connectivity index (χ0n) is 29.0. The molecule has 0 N–H and O–H groups in total. The Morgan fingerprint density at radius 2 is 0.547 bits per heavy atom. The van der Waals surface area contributed by atoms with Gasteiger partial charge in [0.1, 0.15) is 0 Å². The largest absolute Gasteiger partial charge is 0.311 e. The zero-order chi connectivity index (χ0) is 35.4. The molecule has 0 radical (unpaired) electrons. The topological polar surface area (TPSA) is 29.0 Å². The highest BCUT2D eigenvalue weighted by Crippen LogP contribution is 2.40. The van der Waals surface area contributed by atoms with Crippen molar-refractivity contribution in [3.8, 4) is 55.9 Å². The summed E-state index contributed by atoms with van der Waals surface area (Å²) in [5.41, 5.74) is 15.9. The van der Waals surface area contributed by atoms with Crippen LogP contribution >= 0.6 is 0 Å². The molecule has 0 aliphatic heterocycles. The highest BCUT2D eigenvalue weighted by atomic mass is 15.1. The molecule has 0 atom stereocenters. The van der Waals surface area contributed by atoms with Crippen LogP contribution in [0, 0.1) is 0 Å². The number of anilines is 3. The maximum Gasteiger partial charge on any atom is 0.0973 e. The van der Waals surface area contributed by atoms with Crippen LogP contribution in [0.3, 0.4) is 0 Å². The quantitative estimate of drug-likeness (QED) is 0.160. The van der Waals surface area contributed by atoms with Crippen molar-refractivity contribution in [3.05, 3.63) is 212 Å². The monoisotopic (exact) mass is 677 g/mol. The van der Waals surface area contributed by atoms with Crippen molar-refractivity contribution in [2.24, 2.45) is 0 Å². The molecule has 0 amide bonds. The molecular weight excluding hydrogens is 643 g/mol. The first-order valence-electron chi connectivity index (χ1n) is 17.9. The van der Waals surface area contributed by atoms with Crippen molar-refractivity contribution in [3.63, 3.8) is 0 Å². The Morgan fingerprint density at radius 1 is 0.245 bits per heavy atom. The Kier molecular flexibility index (Phi) is 8.57. The third kappa shape index (κ3) is 6.48. The molecule has 8 aromatic carbocycles. The Morgan fingerprint density at radius 3 is 1.02 bits per heavy atom. The summed E-state index contributed by atoms with van der Waals surface area (Å²) in [6.07, 6.45) is 0. The van der Waals surface area contributed by atoms with Gasteiger partial charge in [-0.1, -0.05) is 164 Å². The lowest BCUT2D eigenvalue weighted by atomic mass is 9.94. The van der Waals surface area contributed by atoms with Gasteiger partial charge < -0.3 is 4.90 Å². The standard InChI is InChI=1S/C50H35N3/c1-4-14-36(15-5-1)37-24-30-42(31-25-37)53(43-32-26-39(27-33-43)46-21-11-10-20-45(46)38-16-6-2-7-17-38)44-34-28-41(29-35-44)50-49(40-18-8-3-9-19-40)51-47-22-12-13-23-48(47)52-50/h1-35H. The van der Waals surface area contributed by atoms with Gasteiger partial charge >= 0.3 is 0 Å². The van der Waals surface area contributed by atoms with Gasteiger partial charge in [-0.3, -0.25) is 0 Å². The molecule has 0 saturated heterocycles. The van der Waals surface area contributed by atoms with E-state index in [4.69, 9.17) is 9.97 Å². The summed E-state index contributed by atoms with van der Waals surface area (Å²) in [4.78, 5) is 12.6. The average Bonchev–Trinajstić information content (AvgIpc) is 3.25. The van der Waals surface area contributed by atoms with Crippen LogP contribution in [0.2, 0.25) is 0 Å². The summed E-state index contributed by atoms with van der Waals surface area (Å²) in [6.45, 7) is 0. The van der Waals surface area contributed by atoms with Gasteiger partial charge in [-0.25, -0.2) is 9.97 Å². The lowest BCUT2D eigenvalue weighted by molar-refractivity contribution is 1.27. The van der Waals surface area contributed by atoms with Gasteiger partial charge in [-0.05, 0) is 81.9 Å². The fourth-order valence-electron chi connectivity index (χ4n) is 7.04. The predicted molar refractivity (Wildman–Crippen MR) is 221 cm³/mol. The SMILES string of the molecule is c1ccc(-c2ccc(N(c3ccc(-c4ccccc4-c4ccccc4)cc3)c3ccc(-c4nc5ccccc5nc4-c4ccccc4)cc3)cc2)cc1. The zero-order valence-corrected chi connectivity index (χ0v) is 29.0. The van der Waals surface area contributed by atoms with Crippen molar-refractivity contribution >= 4 is 28.1 Å². The molecule has 0 aliphatic rings. The molecule has 0 bridgehead atoms. The van der Waals surface area contributed by atoms with Crippen LogP contribution in [-0.4, -0.2) is 9.97 Å². The van der Waals surface area contributed by atoms with E-state index in [2.05, 4.69) is 175 Å².